The molecule has 2 aliphatic rings. The fraction of sp³-hybridized carbons (Fsp3) is 0.533. The Morgan fingerprint density at radius 3 is 2.93 bits per heavy atom. The molecule has 1 saturated heterocycles. The average molecular weight is 443 g/mol. The Morgan fingerprint density at radius 2 is 2.27 bits per heavy atom. The van der Waals surface area contributed by atoms with E-state index in [0.29, 0.717) is 0 Å². The van der Waals surface area contributed by atoms with Crippen LogP contribution < -0.4 is 21.1 Å². The van der Waals surface area contributed by atoms with Gasteiger partial charge in [-0.25, -0.2) is 13.9 Å². The lowest BCUT2D eigenvalue weighted by Crippen LogP contribution is -2.46. The summed E-state index contributed by atoms with van der Waals surface area (Å²) in [5.74, 6) is 0.182. The van der Waals surface area contributed by atoms with Crippen molar-refractivity contribution in [2.45, 2.75) is 24.5 Å². The highest BCUT2D eigenvalue weighted by molar-refractivity contribution is 7.51. The molecule has 0 aliphatic carbocycles. The Morgan fingerprint density at radius 1 is 1.50 bits per heavy atom. The van der Waals surface area contributed by atoms with Gasteiger partial charge in [0.05, 0.1) is 13.3 Å². The van der Waals surface area contributed by atoms with Gasteiger partial charge in [-0.1, -0.05) is 0 Å². The minimum Gasteiger partial charge on any atom is -0.386 e. The number of hydrogen-bond donors (Lipinski definition) is 4. The number of aliphatic hydroxyl groups excluding tert-OH is 1. The molecule has 0 spiro atoms. The van der Waals surface area contributed by atoms with E-state index in [1.54, 1.807) is 16.8 Å². The standard InChI is InChI=1S/C15H22N7O7P/c1-20-7-22(12-9(20)13(24)19-15(16)18-12)14-10(23)11(27-2)8(29-14)5-28-30(25,26)21-4-3-17-6-21/h3-4,6,8,10-11,14,23H,5,7H2,1-2H3,(H,25,26)(H3,16,18,19,24)/t8-,10+,11?,14-/m0/s1. The first-order valence-electron chi connectivity index (χ1n) is 8.93. The number of aliphatic hydroxyl groups is 1. The molecule has 2 aromatic heterocycles. The van der Waals surface area contributed by atoms with E-state index in [1.807, 2.05) is 0 Å². The predicted molar refractivity (Wildman–Crippen MR) is 104 cm³/mol. The zero-order chi connectivity index (χ0) is 21.6. The molecular weight excluding hydrogens is 421 g/mol. The van der Waals surface area contributed by atoms with Gasteiger partial charge in [-0.15, -0.1) is 0 Å². The fourth-order valence-corrected chi connectivity index (χ4v) is 4.52. The summed E-state index contributed by atoms with van der Waals surface area (Å²) in [6.45, 7) is -0.131. The Bertz CT molecular complexity index is 1020. The lowest BCUT2D eigenvalue weighted by atomic mass is 10.1. The number of anilines is 3. The maximum absolute atomic E-state index is 12.3. The Balaban J connectivity index is 1.55. The summed E-state index contributed by atoms with van der Waals surface area (Å²) in [5, 5.41) is 10.8. The molecule has 15 heteroatoms. The summed E-state index contributed by atoms with van der Waals surface area (Å²) in [7, 11) is -1.12. The largest absolute Gasteiger partial charge is 0.437 e. The first-order valence-corrected chi connectivity index (χ1v) is 10.5. The van der Waals surface area contributed by atoms with Crippen molar-refractivity contribution in [3.8, 4) is 0 Å². The van der Waals surface area contributed by atoms with Crippen LogP contribution in [0.4, 0.5) is 17.5 Å². The third-order valence-electron chi connectivity index (χ3n) is 4.99. The number of H-pyrrole nitrogens is 1. The number of aromatic nitrogens is 4. The molecule has 2 aliphatic heterocycles. The van der Waals surface area contributed by atoms with Crippen molar-refractivity contribution in [3.63, 3.8) is 0 Å². The summed E-state index contributed by atoms with van der Waals surface area (Å²) >= 11 is 0. The minimum atomic E-state index is -4.19. The molecule has 0 amide bonds. The predicted octanol–water partition coefficient (Wildman–Crippen LogP) is -1.47. The maximum Gasteiger partial charge on any atom is 0.437 e. The molecule has 0 aromatic carbocycles. The molecule has 30 heavy (non-hydrogen) atoms. The van der Waals surface area contributed by atoms with Crippen LogP contribution in [0.15, 0.2) is 23.5 Å². The van der Waals surface area contributed by atoms with Crippen molar-refractivity contribution >= 4 is 25.2 Å². The molecule has 2 unspecified atom stereocenters. The van der Waals surface area contributed by atoms with E-state index in [2.05, 4.69) is 15.0 Å². The van der Waals surface area contributed by atoms with Crippen molar-refractivity contribution in [1.29, 1.82) is 0 Å². The minimum absolute atomic E-state index is 0.0729. The molecule has 1 fully saturated rings. The average Bonchev–Trinajstić information content (AvgIpc) is 3.39. The molecule has 164 valence electrons. The van der Waals surface area contributed by atoms with Crippen molar-refractivity contribution in [3.05, 3.63) is 29.1 Å². The van der Waals surface area contributed by atoms with Crippen molar-refractivity contribution in [1.82, 2.24) is 19.3 Å². The number of fused-ring (bicyclic) bond motifs is 1. The van der Waals surface area contributed by atoms with E-state index in [1.165, 1.54) is 19.5 Å². The normalized spacial score (nSPS) is 28.0. The van der Waals surface area contributed by atoms with Crippen molar-refractivity contribution in [2.75, 3.05) is 43.0 Å². The second-order valence-corrected chi connectivity index (χ2v) is 8.62. The number of ether oxygens (including phenoxy) is 2. The van der Waals surface area contributed by atoms with Crippen LogP contribution in [0.3, 0.4) is 0 Å². The Kier molecular flexibility index (Phi) is 5.30. The first kappa shape index (κ1) is 20.8. The summed E-state index contributed by atoms with van der Waals surface area (Å²) in [5.41, 5.74) is 5.54. The van der Waals surface area contributed by atoms with Gasteiger partial charge >= 0.3 is 7.75 Å². The van der Waals surface area contributed by atoms with E-state index in [9.17, 15) is 19.4 Å². The molecule has 0 saturated carbocycles. The lowest BCUT2D eigenvalue weighted by molar-refractivity contribution is -0.0328. The number of methoxy groups -OCH3 is 1. The highest BCUT2D eigenvalue weighted by Gasteiger charge is 2.50. The third kappa shape index (κ3) is 3.47. The van der Waals surface area contributed by atoms with Gasteiger partial charge in [0.1, 0.15) is 30.3 Å². The second kappa shape index (κ2) is 7.65. The van der Waals surface area contributed by atoms with Crippen LogP contribution in [0.5, 0.6) is 0 Å². The number of hydrogen-bond acceptors (Lipinski definition) is 11. The van der Waals surface area contributed by atoms with Gasteiger partial charge in [-0.05, 0) is 0 Å². The third-order valence-corrected chi connectivity index (χ3v) is 6.30. The summed E-state index contributed by atoms with van der Waals surface area (Å²) in [6, 6.07) is 0. The van der Waals surface area contributed by atoms with E-state index in [0.717, 1.165) is 10.7 Å². The van der Waals surface area contributed by atoms with Gasteiger partial charge in [0.15, 0.2) is 12.0 Å². The Labute approximate surface area is 170 Å². The SMILES string of the molecule is COC1[C@H](COP(=O)(O)n2ccnc2)O[C@H](N2CN(C)c3c2nc(N)[nH]c3=O)[C@@H]1O. The molecule has 0 bridgehead atoms. The highest BCUT2D eigenvalue weighted by atomic mass is 31.2. The van der Waals surface area contributed by atoms with Crippen LogP contribution in [0.1, 0.15) is 0 Å². The lowest BCUT2D eigenvalue weighted by Gasteiger charge is -2.27. The Hall–Kier alpha value is -2.48. The summed E-state index contributed by atoms with van der Waals surface area (Å²) in [6.07, 6.45) is -0.0285. The molecule has 4 heterocycles. The summed E-state index contributed by atoms with van der Waals surface area (Å²) in [4.78, 5) is 35.9. The number of nitrogens with one attached hydrogen (secondary N) is 1. The van der Waals surface area contributed by atoms with Crippen LogP contribution in [0.25, 0.3) is 0 Å². The first-order chi connectivity index (χ1) is 14.2. The number of nitrogens with zero attached hydrogens (tertiary/aromatic N) is 5. The molecule has 4 rings (SSSR count). The molecule has 0 radical (unpaired) electrons. The fourth-order valence-electron chi connectivity index (χ4n) is 3.62. The molecular formula is C15H22N7O7P. The van der Waals surface area contributed by atoms with Gasteiger partial charge in [-0.2, -0.15) is 4.98 Å². The van der Waals surface area contributed by atoms with Gasteiger partial charge < -0.3 is 35.0 Å². The molecule has 5 N–H and O–H groups in total. The van der Waals surface area contributed by atoms with E-state index < -0.39 is 37.8 Å². The van der Waals surface area contributed by atoms with E-state index in [4.69, 9.17) is 19.7 Å². The summed E-state index contributed by atoms with van der Waals surface area (Å²) < 4.78 is 29.7. The van der Waals surface area contributed by atoms with E-state index in [-0.39, 0.29) is 30.7 Å². The number of imidazole rings is 1. The van der Waals surface area contributed by atoms with Crippen LogP contribution in [0.2, 0.25) is 0 Å². The van der Waals surface area contributed by atoms with Crippen LogP contribution >= 0.6 is 7.75 Å². The second-order valence-electron chi connectivity index (χ2n) is 6.92. The molecule has 14 nitrogen and oxygen atoms in total. The smallest absolute Gasteiger partial charge is 0.386 e. The number of nitrogens with two attached hydrogens (primary N) is 1. The number of nitrogen functional groups attached to an aromatic ring is 1. The zero-order valence-corrected chi connectivity index (χ0v) is 17.0. The maximum atomic E-state index is 12.3. The van der Waals surface area contributed by atoms with Gasteiger partial charge in [0, 0.05) is 26.6 Å². The van der Waals surface area contributed by atoms with Gasteiger partial charge in [-0.3, -0.25) is 14.3 Å². The van der Waals surface area contributed by atoms with E-state index >= 15 is 0 Å². The monoisotopic (exact) mass is 443 g/mol. The van der Waals surface area contributed by atoms with Gasteiger partial charge in [0.25, 0.3) is 5.56 Å². The van der Waals surface area contributed by atoms with Crippen LogP contribution in [-0.4, -0.2) is 81.3 Å². The van der Waals surface area contributed by atoms with Crippen molar-refractivity contribution in [2.24, 2.45) is 0 Å². The van der Waals surface area contributed by atoms with Crippen LogP contribution in [0, 0.1) is 0 Å². The number of rotatable bonds is 6. The molecule has 5 atom stereocenters. The molecule has 2 aromatic rings. The van der Waals surface area contributed by atoms with Gasteiger partial charge in [0.2, 0.25) is 5.95 Å². The zero-order valence-electron chi connectivity index (χ0n) is 16.2. The number of aromatic amines is 1. The van der Waals surface area contributed by atoms with Crippen LogP contribution in [-0.2, 0) is 18.6 Å². The quantitative estimate of drug-likeness (QED) is 0.381. The van der Waals surface area contributed by atoms with Crippen molar-refractivity contribution < 1.29 is 28.6 Å². The highest BCUT2D eigenvalue weighted by Crippen LogP contribution is 2.44. The topological polar surface area (TPSA) is 181 Å².